The van der Waals surface area contributed by atoms with Crippen molar-refractivity contribution in [1.29, 1.82) is 0 Å². The molecule has 1 amide bonds. The predicted molar refractivity (Wildman–Crippen MR) is 167 cm³/mol. The molecule has 4 unspecified atom stereocenters. The number of hydrogen-bond donors (Lipinski definition) is 3. The van der Waals surface area contributed by atoms with Crippen LogP contribution < -0.4 is 5.32 Å². The number of benzene rings is 1. The van der Waals surface area contributed by atoms with Crippen molar-refractivity contribution < 1.29 is 29.1 Å². The van der Waals surface area contributed by atoms with E-state index in [1.165, 1.54) is 12.7 Å². The van der Waals surface area contributed by atoms with E-state index in [-0.39, 0.29) is 29.6 Å². The van der Waals surface area contributed by atoms with Crippen LogP contribution in [0.2, 0.25) is 0 Å². The lowest BCUT2D eigenvalue weighted by molar-refractivity contribution is -0.159. The summed E-state index contributed by atoms with van der Waals surface area (Å²) in [4.78, 5) is 46.5. The molecule has 9 heteroatoms. The number of aromatic amines is 1. The Hall–Kier alpha value is -3.46. The molecule has 6 rings (SSSR count). The number of rotatable bonds is 8. The molecule has 3 fully saturated rings. The first kappa shape index (κ1) is 30.6. The Balaban J connectivity index is 1.08. The first-order chi connectivity index (χ1) is 21.0. The van der Waals surface area contributed by atoms with Gasteiger partial charge in [0.2, 0.25) is 0 Å². The standard InChI is InChI=1S/C35H45N3O6/c1-21(39)35(42)16-13-28-26-10-9-23-18-24(11-14-33(23,2)27(26)12-15-34(28,35)3)38-44-20-31(40)37-30(32(41)43-4)17-22-19-36-29-8-6-5-7-25(22)29/h5-8,18-19,26-28,30,36,42H,9-17,20H2,1-4H3,(H,37,40)/b38-24-/t26?,27?,28?,30?,33-,34-,35-/m0/s1. The SMILES string of the molecule is COC(=O)C(Cc1c[nH]c2ccccc12)NC(=O)CO/N=C1\C=C2CCC3C(CC[C@@]4(C)C3CC[C@]4(O)C(C)=O)[C@@]2(C)CC1. The zero-order valence-electron chi connectivity index (χ0n) is 26.3. The van der Waals surface area contributed by atoms with E-state index in [2.05, 4.69) is 35.4 Å². The van der Waals surface area contributed by atoms with Gasteiger partial charge in [-0.05, 0) is 99.2 Å². The number of amides is 1. The van der Waals surface area contributed by atoms with E-state index in [9.17, 15) is 19.5 Å². The van der Waals surface area contributed by atoms with Crippen molar-refractivity contribution in [3.8, 4) is 0 Å². The minimum Gasteiger partial charge on any atom is -0.467 e. The van der Waals surface area contributed by atoms with E-state index in [1.807, 2.05) is 30.5 Å². The molecule has 1 heterocycles. The number of nitrogens with zero attached hydrogens (tertiary/aromatic N) is 1. The van der Waals surface area contributed by atoms with Crippen LogP contribution in [0.1, 0.15) is 77.7 Å². The summed E-state index contributed by atoms with van der Waals surface area (Å²) in [5.74, 6) is 0.366. The molecule has 0 radical (unpaired) electrons. The summed E-state index contributed by atoms with van der Waals surface area (Å²) < 4.78 is 4.95. The minimum atomic E-state index is -1.19. The fraction of sp³-hybridized carbons (Fsp3) is 0.600. The van der Waals surface area contributed by atoms with Crippen LogP contribution in [0.4, 0.5) is 0 Å². The maximum absolute atomic E-state index is 12.8. The van der Waals surface area contributed by atoms with Gasteiger partial charge in [0.1, 0.15) is 11.6 Å². The number of oxime groups is 1. The molecule has 4 aliphatic carbocycles. The maximum atomic E-state index is 12.8. The molecule has 1 aromatic carbocycles. The van der Waals surface area contributed by atoms with Gasteiger partial charge in [-0.25, -0.2) is 4.79 Å². The van der Waals surface area contributed by atoms with Crippen molar-refractivity contribution >= 4 is 34.3 Å². The van der Waals surface area contributed by atoms with E-state index in [4.69, 9.17) is 9.57 Å². The van der Waals surface area contributed by atoms with Gasteiger partial charge in [-0.15, -0.1) is 0 Å². The quantitative estimate of drug-likeness (QED) is 0.287. The van der Waals surface area contributed by atoms with Crippen molar-refractivity contribution in [3.63, 3.8) is 0 Å². The highest BCUT2D eigenvalue weighted by Crippen LogP contribution is 2.67. The van der Waals surface area contributed by atoms with Gasteiger partial charge in [0.05, 0.1) is 12.8 Å². The third-order valence-electron chi connectivity index (χ3n) is 12.0. The van der Waals surface area contributed by atoms with Crippen molar-refractivity contribution in [2.75, 3.05) is 13.7 Å². The number of aromatic nitrogens is 1. The third-order valence-corrected chi connectivity index (χ3v) is 12.0. The van der Waals surface area contributed by atoms with Gasteiger partial charge in [0.15, 0.2) is 12.4 Å². The highest BCUT2D eigenvalue weighted by Gasteiger charge is 2.65. The second-order valence-electron chi connectivity index (χ2n) is 14.0. The van der Waals surface area contributed by atoms with Gasteiger partial charge in [-0.1, -0.05) is 42.8 Å². The first-order valence-corrected chi connectivity index (χ1v) is 16.1. The lowest BCUT2D eigenvalue weighted by atomic mass is 9.46. The number of fused-ring (bicyclic) bond motifs is 6. The molecule has 3 saturated carbocycles. The summed E-state index contributed by atoms with van der Waals surface area (Å²) in [6, 6.07) is 6.96. The zero-order chi connectivity index (χ0) is 31.3. The van der Waals surface area contributed by atoms with Crippen LogP contribution in [0.15, 0.2) is 47.3 Å². The summed E-state index contributed by atoms with van der Waals surface area (Å²) in [6.45, 7) is 5.80. The lowest BCUT2D eigenvalue weighted by Gasteiger charge is -2.59. The van der Waals surface area contributed by atoms with Crippen LogP contribution in [0.5, 0.6) is 0 Å². The number of ketones is 1. The minimum absolute atomic E-state index is 0.0632. The second-order valence-corrected chi connectivity index (χ2v) is 14.0. The summed E-state index contributed by atoms with van der Waals surface area (Å²) in [5.41, 5.74) is 2.63. The van der Waals surface area contributed by atoms with E-state index in [0.29, 0.717) is 24.2 Å². The Labute approximate surface area is 258 Å². The molecule has 0 spiro atoms. The van der Waals surface area contributed by atoms with Crippen LogP contribution in [0.25, 0.3) is 10.9 Å². The number of esters is 1. The van der Waals surface area contributed by atoms with Gasteiger partial charge in [-0.2, -0.15) is 0 Å². The molecular weight excluding hydrogens is 558 g/mol. The molecule has 2 aromatic rings. The molecule has 0 saturated heterocycles. The van der Waals surface area contributed by atoms with Crippen molar-refractivity contribution in [2.24, 2.45) is 33.7 Å². The Morgan fingerprint density at radius 3 is 2.64 bits per heavy atom. The van der Waals surface area contributed by atoms with Crippen molar-refractivity contribution in [2.45, 2.75) is 90.2 Å². The Kier molecular flexibility index (Phi) is 7.97. The average molecular weight is 604 g/mol. The maximum Gasteiger partial charge on any atom is 0.328 e. The summed E-state index contributed by atoms with van der Waals surface area (Å²) in [7, 11) is 1.31. The van der Waals surface area contributed by atoms with Gasteiger partial charge >= 0.3 is 5.97 Å². The van der Waals surface area contributed by atoms with E-state index in [1.54, 1.807) is 6.92 Å². The van der Waals surface area contributed by atoms with Gasteiger partial charge in [0, 0.05) is 28.9 Å². The number of nitrogens with one attached hydrogen (secondary N) is 2. The molecule has 0 aliphatic heterocycles. The van der Waals surface area contributed by atoms with Crippen LogP contribution in [-0.2, 0) is 30.4 Å². The van der Waals surface area contributed by atoms with Crippen molar-refractivity contribution in [3.05, 3.63) is 47.7 Å². The number of aliphatic hydroxyl groups is 1. The third kappa shape index (κ3) is 4.97. The number of ether oxygens (including phenoxy) is 1. The largest absolute Gasteiger partial charge is 0.467 e. The average Bonchev–Trinajstić information content (AvgIpc) is 3.54. The highest BCUT2D eigenvalue weighted by atomic mass is 16.6. The predicted octanol–water partition coefficient (Wildman–Crippen LogP) is 5.02. The topological polar surface area (TPSA) is 130 Å². The molecule has 7 atom stereocenters. The molecule has 3 N–H and O–H groups in total. The Morgan fingerprint density at radius 1 is 1.09 bits per heavy atom. The molecule has 1 aromatic heterocycles. The second kappa shape index (κ2) is 11.5. The van der Waals surface area contributed by atoms with Gasteiger partial charge < -0.3 is 25.0 Å². The number of carbonyl (C=O) groups is 3. The number of para-hydroxylation sites is 1. The molecule has 0 bridgehead atoms. The molecule has 4 aliphatic rings. The monoisotopic (exact) mass is 603 g/mol. The first-order valence-electron chi connectivity index (χ1n) is 16.1. The molecule has 9 nitrogen and oxygen atoms in total. The number of Topliss-reactive ketones (excluding diaryl/α,β-unsaturated/α-hetero) is 1. The smallest absolute Gasteiger partial charge is 0.328 e. The van der Waals surface area contributed by atoms with Crippen LogP contribution in [0.3, 0.4) is 0 Å². The fourth-order valence-electron chi connectivity index (χ4n) is 9.50. The number of methoxy groups -OCH3 is 1. The number of carbonyl (C=O) groups excluding carboxylic acids is 3. The van der Waals surface area contributed by atoms with Crippen molar-refractivity contribution in [1.82, 2.24) is 10.3 Å². The van der Waals surface area contributed by atoms with Gasteiger partial charge in [-0.3, -0.25) is 9.59 Å². The van der Waals surface area contributed by atoms with Crippen LogP contribution in [-0.4, -0.2) is 58.8 Å². The van der Waals surface area contributed by atoms with Crippen LogP contribution >= 0.6 is 0 Å². The van der Waals surface area contributed by atoms with E-state index in [0.717, 1.165) is 67.1 Å². The van der Waals surface area contributed by atoms with Gasteiger partial charge in [0.25, 0.3) is 5.91 Å². The normalized spacial score (nSPS) is 34.3. The molecular formula is C35H45N3O6. The molecule has 44 heavy (non-hydrogen) atoms. The fourth-order valence-corrected chi connectivity index (χ4v) is 9.50. The van der Waals surface area contributed by atoms with E-state index >= 15 is 0 Å². The zero-order valence-corrected chi connectivity index (χ0v) is 26.3. The summed E-state index contributed by atoms with van der Waals surface area (Å²) >= 11 is 0. The summed E-state index contributed by atoms with van der Waals surface area (Å²) in [6.07, 6.45) is 11.4. The highest BCUT2D eigenvalue weighted by molar-refractivity contribution is 5.96. The number of hydrogen-bond acceptors (Lipinski definition) is 7. The Bertz CT molecular complexity index is 1530. The van der Waals surface area contributed by atoms with Crippen LogP contribution in [0, 0.1) is 28.6 Å². The lowest BCUT2D eigenvalue weighted by Crippen LogP contribution is -2.57. The molecule has 236 valence electrons. The number of allylic oxidation sites excluding steroid dienone is 2. The Morgan fingerprint density at radius 2 is 1.86 bits per heavy atom. The van der Waals surface area contributed by atoms with E-state index < -0.39 is 23.5 Å². The summed E-state index contributed by atoms with van der Waals surface area (Å²) in [5, 5.41) is 19.5. The number of H-pyrrole nitrogens is 1.